The number of hydrogen-bond acceptors (Lipinski definition) is 7. The number of primary sulfonamides is 1. The molecule has 0 atom stereocenters. The van der Waals surface area contributed by atoms with Gasteiger partial charge in [0.15, 0.2) is 6.61 Å². The topological polar surface area (TPSA) is 162 Å². The minimum Gasteiger partial charge on any atom is -0.479 e. The average Bonchev–Trinajstić information content (AvgIpc) is 2.27. The number of nitro benzene ring substituents is 1. The molecular weight excluding hydrogens is 282 g/mol. The van der Waals surface area contributed by atoms with Crippen molar-refractivity contribution in [3.05, 3.63) is 28.3 Å². The highest BCUT2D eigenvalue weighted by Gasteiger charge is 2.19. The Labute approximate surface area is 106 Å². The smallest absolute Gasteiger partial charge is 0.332 e. The van der Waals surface area contributed by atoms with Crippen molar-refractivity contribution < 1.29 is 28.1 Å². The van der Waals surface area contributed by atoms with E-state index in [1.54, 1.807) is 0 Å². The lowest BCUT2D eigenvalue weighted by Crippen LogP contribution is -2.14. The first-order valence-electron chi connectivity index (χ1n) is 4.62. The highest BCUT2D eigenvalue weighted by Crippen LogP contribution is 2.27. The molecule has 0 saturated heterocycles. The zero-order valence-electron chi connectivity index (χ0n) is 9.27. The second-order valence-corrected chi connectivity index (χ2v) is 4.83. The number of rotatable bonds is 6. The Balaban J connectivity index is 3.06. The maximum atomic E-state index is 11.0. The number of nitrogens with two attached hydrogens (primary N) is 1. The second kappa shape index (κ2) is 5.60. The molecule has 11 heteroatoms. The van der Waals surface area contributed by atoms with Crippen LogP contribution in [0.5, 0.6) is 0 Å². The molecule has 0 aliphatic rings. The molecule has 0 aliphatic heterocycles. The first-order chi connectivity index (χ1) is 8.71. The van der Waals surface area contributed by atoms with Gasteiger partial charge < -0.3 is 5.11 Å². The van der Waals surface area contributed by atoms with Crippen LogP contribution in [0.1, 0.15) is 0 Å². The lowest BCUT2D eigenvalue weighted by Gasteiger charge is -2.06. The third-order valence-electron chi connectivity index (χ3n) is 1.87. The van der Waals surface area contributed by atoms with Crippen molar-refractivity contribution in [1.29, 1.82) is 0 Å². The van der Waals surface area contributed by atoms with E-state index in [1.165, 1.54) is 0 Å². The fraction of sp³-hybridized carbons (Fsp3) is 0.125. The molecule has 19 heavy (non-hydrogen) atoms. The van der Waals surface area contributed by atoms with Crippen LogP contribution in [0.25, 0.3) is 0 Å². The van der Waals surface area contributed by atoms with Gasteiger partial charge in [0.05, 0.1) is 9.82 Å². The minimum atomic E-state index is -4.08. The molecule has 0 heterocycles. The van der Waals surface area contributed by atoms with Gasteiger partial charge in [0, 0.05) is 6.07 Å². The molecule has 0 fully saturated rings. The van der Waals surface area contributed by atoms with Gasteiger partial charge in [-0.15, -0.1) is 0 Å². The van der Waals surface area contributed by atoms with Crippen molar-refractivity contribution in [2.75, 3.05) is 12.1 Å². The summed E-state index contributed by atoms with van der Waals surface area (Å²) >= 11 is 0. The van der Waals surface area contributed by atoms with E-state index in [0.717, 1.165) is 18.2 Å². The number of nitrogens with zero attached hydrogens (tertiary/aromatic N) is 1. The molecule has 0 aliphatic carbocycles. The standard InChI is InChI=1S/C8H9N3O7S/c9-19(16,17)5-1-2-6(7(3-5)11(14)15)10-18-4-8(12)13/h1-3,10H,4H2,(H,12,13)(H2,9,16,17). The number of aliphatic carboxylic acids is 1. The number of carboxylic acids is 1. The van der Waals surface area contributed by atoms with Crippen molar-refractivity contribution in [2.24, 2.45) is 5.14 Å². The summed E-state index contributed by atoms with van der Waals surface area (Å²) < 4.78 is 22.1. The summed E-state index contributed by atoms with van der Waals surface area (Å²) in [6.07, 6.45) is 0. The average molecular weight is 291 g/mol. The van der Waals surface area contributed by atoms with Gasteiger partial charge in [0.1, 0.15) is 5.69 Å². The Bertz CT molecular complexity index is 613. The van der Waals surface area contributed by atoms with Crippen LogP contribution in [-0.4, -0.2) is 31.0 Å². The zero-order valence-corrected chi connectivity index (χ0v) is 10.1. The Morgan fingerprint density at radius 3 is 2.63 bits per heavy atom. The van der Waals surface area contributed by atoms with Gasteiger partial charge in [-0.05, 0) is 12.1 Å². The van der Waals surface area contributed by atoms with Crippen LogP contribution in [-0.2, 0) is 19.7 Å². The van der Waals surface area contributed by atoms with Crippen molar-refractivity contribution in [2.45, 2.75) is 4.90 Å². The van der Waals surface area contributed by atoms with Crippen molar-refractivity contribution in [1.82, 2.24) is 0 Å². The van der Waals surface area contributed by atoms with E-state index in [0.29, 0.717) is 0 Å². The predicted molar refractivity (Wildman–Crippen MR) is 61.7 cm³/mol. The third-order valence-corrected chi connectivity index (χ3v) is 2.78. The van der Waals surface area contributed by atoms with E-state index < -0.39 is 38.1 Å². The number of nitro groups is 1. The summed E-state index contributed by atoms with van der Waals surface area (Å²) in [5.74, 6) is -1.28. The number of carboxylic acid groups (broad SMARTS) is 1. The van der Waals surface area contributed by atoms with E-state index in [9.17, 15) is 23.3 Å². The van der Waals surface area contributed by atoms with Crippen molar-refractivity contribution in [3.8, 4) is 0 Å². The van der Waals surface area contributed by atoms with Crippen LogP contribution in [0.4, 0.5) is 11.4 Å². The SMILES string of the molecule is NS(=O)(=O)c1ccc(NOCC(=O)O)c([N+](=O)[O-])c1. The van der Waals surface area contributed by atoms with Gasteiger partial charge in [-0.3, -0.25) is 20.4 Å². The lowest BCUT2D eigenvalue weighted by molar-refractivity contribution is -0.384. The summed E-state index contributed by atoms with van der Waals surface area (Å²) in [4.78, 5) is 24.1. The molecule has 104 valence electrons. The van der Waals surface area contributed by atoms with Crippen LogP contribution in [0.3, 0.4) is 0 Å². The molecule has 0 unspecified atom stereocenters. The van der Waals surface area contributed by atoms with E-state index in [2.05, 4.69) is 4.84 Å². The van der Waals surface area contributed by atoms with E-state index in [-0.39, 0.29) is 5.69 Å². The van der Waals surface area contributed by atoms with E-state index >= 15 is 0 Å². The van der Waals surface area contributed by atoms with E-state index in [1.807, 2.05) is 5.48 Å². The van der Waals surface area contributed by atoms with Crippen molar-refractivity contribution in [3.63, 3.8) is 0 Å². The molecule has 0 amide bonds. The first-order valence-corrected chi connectivity index (χ1v) is 6.17. The molecule has 1 rings (SSSR count). The highest BCUT2D eigenvalue weighted by molar-refractivity contribution is 7.89. The zero-order chi connectivity index (χ0) is 14.6. The first kappa shape index (κ1) is 14.8. The van der Waals surface area contributed by atoms with Crippen LogP contribution >= 0.6 is 0 Å². The Morgan fingerprint density at radius 2 is 2.16 bits per heavy atom. The molecule has 0 aromatic heterocycles. The fourth-order valence-electron chi connectivity index (χ4n) is 1.10. The molecule has 1 aromatic rings. The highest BCUT2D eigenvalue weighted by atomic mass is 32.2. The molecule has 0 saturated carbocycles. The fourth-order valence-corrected chi connectivity index (χ4v) is 1.63. The van der Waals surface area contributed by atoms with Gasteiger partial charge in [-0.25, -0.2) is 18.4 Å². The van der Waals surface area contributed by atoms with Crippen molar-refractivity contribution >= 4 is 27.4 Å². The van der Waals surface area contributed by atoms with Gasteiger partial charge in [-0.1, -0.05) is 0 Å². The van der Waals surface area contributed by atoms with Crippen LogP contribution in [0.2, 0.25) is 0 Å². The quantitative estimate of drug-likeness (QED) is 0.474. The Hall–Kier alpha value is -2.24. The Kier molecular flexibility index (Phi) is 4.37. The maximum absolute atomic E-state index is 11.0. The maximum Gasteiger partial charge on any atom is 0.332 e. The number of hydrogen-bond donors (Lipinski definition) is 3. The van der Waals surface area contributed by atoms with Crippen LogP contribution < -0.4 is 10.6 Å². The number of anilines is 1. The molecule has 1 aromatic carbocycles. The number of benzene rings is 1. The van der Waals surface area contributed by atoms with E-state index in [4.69, 9.17) is 10.2 Å². The molecular formula is C8H9N3O7S. The molecule has 10 nitrogen and oxygen atoms in total. The molecule has 0 spiro atoms. The van der Waals surface area contributed by atoms with Crippen LogP contribution in [0.15, 0.2) is 23.1 Å². The Morgan fingerprint density at radius 1 is 1.53 bits per heavy atom. The lowest BCUT2D eigenvalue weighted by atomic mass is 10.3. The monoisotopic (exact) mass is 291 g/mol. The predicted octanol–water partition coefficient (Wildman–Crippen LogP) is -0.330. The molecule has 4 N–H and O–H groups in total. The largest absolute Gasteiger partial charge is 0.479 e. The summed E-state index contributed by atoms with van der Waals surface area (Å²) in [5.41, 5.74) is 1.24. The van der Waals surface area contributed by atoms with Gasteiger partial charge >= 0.3 is 5.97 Å². The minimum absolute atomic E-state index is 0.196. The van der Waals surface area contributed by atoms with Gasteiger partial charge in [-0.2, -0.15) is 0 Å². The van der Waals surface area contributed by atoms with Gasteiger partial charge in [0.25, 0.3) is 5.69 Å². The number of nitrogens with one attached hydrogen (secondary N) is 1. The normalized spacial score (nSPS) is 11.0. The summed E-state index contributed by atoms with van der Waals surface area (Å²) in [5, 5.41) is 23.9. The molecule has 0 radical (unpaired) electrons. The molecule has 0 bridgehead atoms. The number of sulfonamides is 1. The third kappa shape index (κ3) is 4.17. The van der Waals surface area contributed by atoms with Crippen LogP contribution in [0, 0.1) is 10.1 Å². The summed E-state index contributed by atoms with van der Waals surface area (Å²) in [7, 11) is -4.08. The second-order valence-electron chi connectivity index (χ2n) is 3.27. The number of carbonyl (C=O) groups is 1. The summed E-state index contributed by atoms with van der Waals surface area (Å²) in [6.45, 7) is -0.728. The van der Waals surface area contributed by atoms with Gasteiger partial charge in [0.2, 0.25) is 10.0 Å². The summed E-state index contributed by atoms with van der Waals surface area (Å²) in [6, 6.07) is 2.80.